The maximum absolute atomic E-state index is 5.56. The van der Waals surface area contributed by atoms with Crippen LogP contribution in [0, 0.1) is 0 Å². The van der Waals surface area contributed by atoms with Crippen LogP contribution in [0.25, 0.3) is 16.9 Å². The van der Waals surface area contributed by atoms with Gasteiger partial charge in [0.1, 0.15) is 5.82 Å². The van der Waals surface area contributed by atoms with Crippen molar-refractivity contribution < 1.29 is 4.74 Å². The highest BCUT2D eigenvalue weighted by atomic mass is 16.5. The minimum Gasteiger partial charge on any atom is -0.380 e. The van der Waals surface area contributed by atoms with Gasteiger partial charge in [0.05, 0.1) is 18.0 Å². The molecule has 0 aliphatic carbocycles. The average molecular weight is 309 g/mol. The van der Waals surface area contributed by atoms with E-state index in [4.69, 9.17) is 9.72 Å². The van der Waals surface area contributed by atoms with Crippen molar-refractivity contribution in [3.05, 3.63) is 42.9 Å². The highest BCUT2D eigenvalue weighted by Gasteiger charge is 2.22. The van der Waals surface area contributed by atoms with E-state index in [2.05, 4.69) is 21.0 Å². The zero-order valence-electron chi connectivity index (χ0n) is 13.1. The van der Waals surface area contributed by atoms with Crippen LogP contribution in [0.2, 0.25) is 0 Å². The third-order valence-corrected chi connectivity index (χ3v) is 4.35. The van der Waals surface area contributed by atoms with Gasteiger partial charge in [0.15, 0.2) is 5.65 Å². The molecule has 6 heteroatoms. The van der Waals surface area contributed by atoms with Crippen molar-refractivity contribution in [1.29, 1.82) is 0 Å². The molecular formula is C17H19N5O. The lowest BCUT2D eigenvalue weighted by Crippen LogP contribution is -2.40. The minimum atomic E-state index is 0.270. The molecule has 3 aromatic heterocycles. The van der Waals surface area contributed by atoms with Gasteiger partial charge >= 0.3 is 0 Å². The van der Waals surface area contributed by atoms with Crippen molar-refractivity contribution in [2.24, 2.45) is 0 Å². The van der Waals surface area contributed by atoms with Crippen molar-refractivity contribution in [3.8, 4) is 11.3 Å². The lowest BCUT2D eigenvalue weighted by Gasteiger charge is -2.33. The molecule has 1 aliphatic rings. The molecule has 1 aliphatic heterocycles. The number of nitrogens with zero attached hydrogens (tertiary/aromatic N) is 5. The first-order valence-corrected chi connectivity index (χ1v) is 7.88. The van der Waals surface area contributed by atoms with E-state index in [1.54, 1.807) is 25.7 Å². The van der Waals surface area contributed by atoms with Gasteiger partial charge in [-0.15, -0.1) is 0 Å². The number of hydrogen-bond acceptors (Lipinski definition) is 5. The van der Waals surface area contributed by atoms with E-state index in [9.17, 15) is 0 Å². The molecule has 3 aromatic rings. The lowest BCUT2D eigenvalue weighted by atomic mass is 10.1. The van der Waals surface area contributed by atoms with E-state index in [1.165, 1.54) is 0 Å². The average Bonchev–Trinajstić information content (AvgIpc) is 3.10. The summed E-state index contributed by atoms with van der Waals surface area (Å²) < 4.78 is 7.46. The molecule has 0 bridgehead atoms. The van der Waals surface area contributed by atoms with Gasteiger partial charge in [0.25, 0.3) is 0 Å². The van der Waals surface area contributed by atoms with Crippen LogP contribution in [-0.2, 0) is 4.74 Å². The molecule has 4 heterocycles. The van der Waals surface area contributed by atoms with Crippen LogP contribution in [0.5, 0.6) is 0 Å². The first kappa shape index (κ1) is 14.1. The molecule has 1 unspecified atom stereocenters. The molecule has 23 heavy (non-hydrogen) atoms. The van der Waals surface area contributed by atoms with Crippen molar-refractivity contribution in [2.45, 2.75) is 18.9 Å². The number of hydrogen-bond donors (Lipinski definition) is 0. The van der Waals surface area contributed by atoms with Gasteiger partial charge in [-0.1, -0.05) is 0 Å². The number of methoxy groups -OCH3 is 1. The van der Waals surface area contributed by atoms with E-state index in [0.29, 0.717) is 0 Å². The second kappa shape index (κ2) is 5.96. The van der Waals surface area contributed by atoms with Gasteiger partial charge in [-0.25, -0.2) is 4.98 Å². The van der Waals surface area contributed by atoms with Crippen molar-refractivity contribution in [3.63, 3.8) is 0 Å². The molecule has 0 spiro atoms. The number of anilines is 1. The Morgan fingerprint density at radius 2 is 2.04 bits per heavy atom. The van der Waals surface area contributed by atoms with Crippen LogP contribution < -0.4 is 4.90 Å². The molecule has 0 amide bonds. The molecule has 118 valence electrons. The van der Waals surface area contributed by atoms with Crippen LogP contribution in [0.4, 0.5) is 5.82 Å². The predicted molar refractivity (Wildman–Crippen MR) is 88.5 cm³/mol. The molecule has 0 N–H and O–H groups in total. The van der Waals surface area contributed by atoms with Crippen molar-refractivity contribution in [1.82, 2.24) is 19.6 Å². The first-order chi connectivity index (χ1) is 11.3. The number of rotatable bonds is 3. The molecule has 4 rings (SSSR count). The Hall–Kier alpha value is -2.47. The maximum atomic E-state index is 5.56. The summed E-state index contributed by atoms with van der Waals surface area (Å²) in [5.74, 6) is 1.06. The third-order valence-electron chi connectivity index (χ3n) is 4.35. The Morgan fingerprint density at radius 3 is 2.87 bits per heavy atom. The van der Waals surface area contributed by atoms with Crippen LogP contribution in [0.3, 0.4) is 0 Å². The Labute approximate surface area is 134 Å². The standard InChI is InChI=1S/C17H19N5O/c1-23-14-3-2-10-21(12-14)17-11-15(13-4-7-18-8-5-13)20-16-6-9-19-22(16)17/h4-9,11,14H,2-3,10,12H2,1H3. The predicted octanol–water partition coefficient (Wildman–Crippen LogP) is 2.41. The Morgan fingerprint density at radius 1 is 1.17 bits per heavy atom. The largest absolute Gasteiger partial charge is 0.380 e. The fraction of sp³-hybridized carbons (Fsp3) is 0.353. The Bertz CT molecular complexity index is 801. The molecule has 6 nitrogen and oxygen atoms in total. The van der Waals surface area contributed by atoms with Gasteiger partial charge in [-0.05, 0) is 25.0 Å². The van der Waals surface area contributed by atoms with E-state index in [-0.39, 0.29) is 6.10 Å². The topological polar surface area (TPSA) is 55.5 Å². The van der Waals surface area contributed by atoms with E-state index >= 15 is 0 Å². The van der Waals surface area contributed by atoms with E-state index in [0.717, 1.165) is 48.7 Å². The molecule has 1 saturated heterocycles. The van der Waals surface area contributed by atoms with Crippen LogP contribution >= 0.6 is 0 Å². The van der Waals surface area contributed by atoms with Crippen molar-refractivity contribution >= 4 is 11.5 Å². The molecule has 1 fully saturated rings. The number of fused-ring (bicyclic) bond motifs is 1. The van der Waals surface area contributed by atoms with Crippen molar-refractivity contribution in [2.75, 3.05) is 25.1 Å². The fourth-order valence-corrected chi connectivity index (χ4v) is 3.13. The van der Waals surface area contributed by atoms with Gasteiger partial charge in [-0.3, -0.25) is 4.98 Å². The molecule has 0 saturated carbocycles. The summed E-state index contributed by atoms with van der Waals surface area (Å²) in [4.78, 5) is 11.1. The normalized spacial score (nSPS) is 18.5. The van der Waals surface area contributed by atoms with Crippen LogP contribution in [0.1, 0.15) is 12.8 Å². The second-order valence-corrected chi connectivity index (χ2v) is 5.78. The molecule has 0 radical (unpaired) electrons. The van der Waals surface area contributed by atoms with Gasteiger partial charge < -0.3 is 9.64 Å². The number of pyridine rings is 1. The monoisotopic (exact) mass is 309 g/mol. The van der Waals surface area contributed by atoms with Crippen LogP contribution in [0.15, 0.2) is 42.9 Å². The zero-order chi connectivity index (χ0) is 15.6. The lowest BCUT2D eigenvalue weighted by molar-refractivity contribution is 0.0890. The minimum absolute atomic E-state index is 0.270. The quantitative estimate of drug-likeness (QED) is 0.743. The number of aromatic nitrogens is 4. The molecular weight excluding hydrogens is 290 g/mol. The highest BCUT2D eigenvalue weighted by molar-refractivity contribution is 5.66. The van der Waals surface area contributed by atoms with Gasteiger partial charge in [0.2, 0.25) is 0 Å². The summed E-state index contributed by atoms with van der Waals surface area (Å²) in [5, 5.41) is 4.44. The molecule has 0 aromatic carbocycles. The third kappa shape index (κ3) is 2.66. The summed E-state index contributed by atoms with van der Waals surface area (Å²) in [6.07, 6.45) is 7.87. The Kier molecular flexibility index (Phi) is 3.67. The Balaban J connectivity index is 1.80. The number of piperidine rings is 1. The van der Waals surface area contributed by atoms with Gasteiger partial charge in [0, 0.05) is 50.3 Å². The SMILES string of the molecule is COC1CCCN(c2cc(-c3ccncc3)nc3ccnn23)C1. The number of ether oxygens (including phenoxy) is 1. The van der Waals surface area contributed by atoms with E-state index in [1.807, 2.05) is 22.7 Å². The molecule has 1 atom stereocenters. The summed E-state index contributed by atoms with van der Waals surface area (Å²) in [6.45, 7) is 1.89. The second-order valence-electron chi connectivity index (χ2n) is 5.78. The fourth-order valence-electron chi connectivity index (χ4n) is 3.13. The summed E-state index contributed by atoms with van der Waals surface area (Å²) >= 11 is 0. The maximum Gasteiger partial charge on any atom is 0.157 e. The summed E-state index contributed by atoms with van der Waals surface area (Å²) in [5.41, 5.74) is 2.86. The smallest absolute Gasteiger partial charge is 0.157 e. The highest BCUT2D eigenvalue weighted by Crippen LogP contribution is 2.26. The summed E-state index contributed by atoms with van der Waals surface area (Å²) in [6, 6.07) is 8.00. The van der Waals surface area contributed by atoms with E-state index < -0.39 is 0 Å². The van der Waals surface area contributed by atoms with Gasteiger partial charge in [-0.2, -0.15) is 9.61 Å². The first-order valence-electron chi connectivity index (χ1n) is 7.88. The van der Waals surface area contributed by atoms with Crippen LogP contribution in [-0.4, -0.2) is 45.9 Å². The summed E-state index contributed by atoms with van der Waals surface area (Å²) in [7, 11) is 1.78. The zero-order valence-corrected chi connectivity index (χ0v) is 13.1.